The quantitative estimate of drug-likeness (QED) is 0.941. The van der Waals surface area contributed by atoms with Gasteiger partial charge in [0.2, 0.25) is 5.91 Å². The highest BCUT2D eigenvalue weighted by Gasteiger charge is 2.41. The zero-order valence-corrected chi connectivity index (χ0v) is 11.8. The summed E-state index contributed by atoms with van der Waals surface area (Å²) in [5.41, 5.74) is 1.32. The average molecular weight is 282 g/mol. The number of carbonyl (C=O) groups is 1. The van der Waals surface area contributed by atoms with Crippen LogP contribution in [0.1, 0.15) is 18.4 Å². The first-order valence-electron chi connectivity index (χ1n) is 7.16. The summed E-state index contributed by atoms with van der Waals surface area (Å²) in [7, 11) is 0. The molecule has 1 saturated heterocycles. The Labute approximate surface area is 124 Å². The molecule has 1 aromatic carbocycles. The summed E-state index contributed by atoms with van der Waals surface area (Å²) >= 11 is 0. The molecule has 21 heavy (non-hydrogen) atoms. The van der Waals surface area contributed by atoms with Crippen LogP contribution in [0.3, 0.4) is 0 Å². The molecule has 4 nitrogen and oxygen atoms in total. The van der Waals surface area contributed by atoms with E-state index in [1.54, 1.807) is 24.5 Å². The van der Waals surface area contributed by atoms with Crippen molar-refractivity contribution in [2.45, 2.75) is 18.3 Å². The predicted molar refractivity (Wildman–Crippen MR) is 81.0 cm³/mol. The van der Waals surface area contributed by atoms with Crippen LogP contribution >= 0.6 is 0 Å². The van der Waals surface area contributed by atoms with Crippen LogP contribution in [0.5, 0.6) is 0 Å². The molecular formula is C17H18N2O2. The lowest BCUT2D eigenvalue weighted by Gasteiger charge is -2.36. The van der Waals surface area contributed by atoms with Gasteiger partial charge in [-0.3, -0.25) is 9.78 Å². The Hall–Kier alpha value is -2.20. The molecule has 2 heterocycles. The van der Waals surface area contributed by atoms with Crippen LogP contribution in [-0.4, -0.2) is 24.1 Å². The third-order valence-electron chi connectivity index (χ3n) is 4.05. The van der Waals surface area contributed by atoms with Gasteiger partial charge in [-0.1, -0.05) is 30.3 Å². The Bertz CT molecular complexity index is 593. The number of amides is 1. The molecule has 0 atom stereocenters. The van der Waals surface area contributed by atoms with Crippen LogP contribution in [0.2, 0.25) is 0 Å². The van der Waals surface area contributed by atoms with Crippen LogP contribution < -0.4 is 5.32 Å². The first-order valence-corrected chi connectivity index (χ1v) is 7.16. The summed E-state index contributed by atoms with van der Waals surface area (Å²) in [6, 6.07) is 13.6. The average Bonchev–Trinajstić information content (AvgIpc) is 2.57. The zero-order valence-electron chi connectivity index (χ0n) is 11.8. The van der Waals surface area contributed by atoms with Gasteiger partial charge in [-0.05, 0) is 30.5 Å². The van der Waals surface area contributed by atoms with E-state index in [0.29, 0.717) is 26.1 Å². The Morgan fingerprint density at radius 3 is 2.38 bits per heavy atom. The molecule has 108 valence electrons. The smallest absolute Gasteiger partial charge is 0.235 e. The van der Waals surface area contributed by atoms with E-state index in [0.717, 1.165) is 11.3 Å². The van der Waals surface area contributed by atoms with E-state index in [-0.39, 0.29) is 5.91 Å². The largest absolute Gasteiger partial charge is 0.381 e. The molecule has 0 bridgehead atoms. The molecule has 1 amide bonds. The van der Waals surface area contributed by atoms with Gasteiger partial charge in [0.15, 0.2) is 0 Å². The SMILES string of the molecule is O=C(Nc1ccncc1)C1(c2ccccc2)CCOCC1. The molecule has 1 aliphatic rings. The van der Waals surface area contributed by atoms with E-state index in [9.17, 15) is 4.79 Å². The lowest BCUT2D eigenvalue weighted by atomic mass is 9.73. The van der Waals surface area contributed by atoms with Gasteiger partial charge < -0.3 is 10.1 Å². The van der Waals surface area contributed by atoms with Gasteiger partial charge in [0, 0.05) is 31.3 Å². The third kappa shape index (κ3) is 2.81. The summed E-state index contributed by atoms with van der Waals surface area (Å²) in [5, 5.41) is 3.02. The molecule has 1 aliphatic heterocycles. The number of nitrogens with zero attached hydrogens (tertiary/aromatic N) is 1. The van der Waals surface area contributed by atoms with Crippen LogP contribution in [-0.2, 0) is 14.9 Å². The Kier molecular flexibility index (Phi) is 3.97. The van der Waals surface area contributed by atoms with Crippen LogP contribution in [0, 0.1) is 0 Å². The maximum absolute atomic E-state index is 12.9. The third-order valence-corrected chi connectivity index (χ3v) is 4.05. The molecule has 4 heteroatoms. The second kappa shape index (κ2) is 6.06. The van der Waals surface area contributed by atoms with E-state index in [4.69, 9.17) is 4.74 Å². The fraction of sp³-hybridized carbons (Fsp3) is 0.294. The lowest BCUT2D eigenvalue weighted by molar-refractivity contribution is -0.125. The number of hydrogen-bond donors (Lipinski definition) is 1. The summed E-state index contributed by atoms with van der Waals surface area (Å²) < 4.78 is 5.46. The van der Waals surface area contributed by atoms with E-state index in [1.165, 1.54) is 0 Å². The Morgan fingerprint density at radius 2 is 1.71 bits per heavy atom. The minimum atomic E-state index is -0.511. The number of carbonyl (C=O) groups excluding carboxylic acids is 1. The Morgan fingerprint density at radius 1 is 1.05 bits per heavy atom. The molecule has 0 unspecified atom stereocenters. The van der Waals surface area contributed by atoms with E-state index < -0.39 is 5.41 Å². The van der Waals surface area contributed by atoms with Crippen LogP contribution in [0.25, 0.3) is 0 Å². The highest BCUT2D eigenvalue weighted by Crippen LogP contribution is 2.36. The highest BCUT2D eigenvalue weighted by molar-refractivity contribution is 5.99. The molecule has 0 spiro atoms. The molecule has 0 radical (unpaired) electrons. The molecule has 0 saturated carbocycles. The number of benzene rings is 1. The van der Waals surface area contributed by atoms with Gasteiger partial charge in [0.1, 0.15) is 0 Å². The van der Waals surface area contributed by atoms with Gasteiger partial charge in [0.25, 0.3) is 0 Å². The number of nitrogens with one attached hydrogen (secondary N) is 1. The van der Waals surface area contributed by atoms with Crippen LogP contribution in [0.4, 0.5) is 5.69 Å². The number of ether oxygens (including phenoxy) is 1. The fourth-order valence-electron chi connectivity index (χ4n) is 2.81. The monoisotopic (exact) mass is 282 g/mol. The van der Waals surface area contributed by atoms with Gasteiger partial charge in [-0.15, -0.1) is 0 Å². The van der Waals surface area contributed by atoms with Gasteiger partial charge in [-0.2, -0.15) is 0 Å². The number of anilines is 1. The van der Waals surface area contributed by atoms with Crippen molar-refractivity contribution >= 4 is 11.6 Å². The summed E-state index contributed by atoms with van der Waals surface area (Å²) in [6.07, 6.45) is 4.76. The second-order valence-corrected chi connectivity index (χ2v) is 5.25. The minimum absolute atomic E-state index is 0.0307. The molecular weight excluding hydrogens is 264 g/mol. The Balaban J connectivity index is 1.90. The van der Waals surface area contributed by atoms with Gasteiger partial charge in [-0.25, -0.2) is 0 Å². The van der Waals surface area contributed by atoms with Crippen LogP contribution in [0.15, 0.2) is 54.9 Å². The fourth-order valence-corrected chi connectivity index (χ4v) is 2.81. The summed E-state index contributed by atoms with van der Waals surface area (Å²) in [6.45, 7) is 1.22. The van der Waals surface area contributed by atoms with Crippen molar-refractivity contribution in [2.24, 2.45) is 0 Å². The molecule has 3 rings (SSSR count). The molecule has 1 aromatic heterocycles. The molecule has 1 fully saturated rings. The summed E-state index contributed by atoms with van der Waals surface area (Å²) in [5.74, 6) is 0.0307. The molecule has 2 aromatic rings. The molecule has 0 aliphatic carbocycles. The normalized spacial score (nSPS) is 17.1. The number of hydrogen-bond acceptors (Lipinski definition) is 3. The first kappa shape index (κ1) is 13.8. The van der Waals surface area contributed by atoms with E-state index >= 15 is 0 Å². The maximum Gasteiger partial charge on any atom is 0.235 e. The second-order valence-electron chi connectivity index (χ2n) is 5.25. The van der Waals surface area contributed by atoms with Crippen molar-refractivity contribution in [3.05, 3.63) is 60.4 Å². The van der Waals surface area contributed by atoms with E-state index in [1.807, 2.05) is 30.3 Å². The number of rotatable bonds is 3. The van der Waals surface area contributed by atoms with Gasteiger partial charge in [0.05, 0.1) is 5.41 Å². The van der Waals surface area contributed by atoms with E-state index in [2.05, 4.69) is 10.3 Å². The number of aromatic nitrogens is 1. The van der Waals surface area contributed by atoms with Crippen molar-refractivity contribution in [3.8, 4) is 0 Å². The van der Waals surface area contributed by atoms with Crippen molar-refractivity contribution in [1.29, 1.82) is 0 Å². The standard InChI is InChI=1S/C17H18N2O2/c20-16(19-15-6-10-18-11-7-15)17(8-12-21-13-9-17)14-4-2-1-3-5-14/h1-7,10-11H,8-9,12-13H2,(H,18,19,20). The lowest BCUT2D eigenvalue weighted by Crippen LogP contribution is -2.44. The van der Waals surface area contributed by atoms with Crippen molar-refractivity contribution < 1.29 is 9.53 Å². The zero-order chi connectivity index (χ0) is 14.5. The topological polar surface area (TPSA) is 51.2 Å². The van der Waals surface area contributed by atoms with Crippen molar-refractivity contribution in [1.82, 2.24) is 4.98 Å². The summed E-state index contributed by atoms with van der Waals surface area (Å²) in [4.78, 5) is 16.9. The minimum Gasteiger partial charge on any atom is -0.381 e. The van der Waals surface area contributed by atoms with Crippen molar-refractivity contribution in [3.63, 3.8) is 0 Å². The highest BCUT2D eigenvalue weighted by atomic mass is 16.5. The van der Waals surface area contributed by atoms with Gasteiger partial charge >= 0.3 is 0 Å². The molecule has 1 N–H and O–H groups in total. The first-order chi connectivity index (χ1) is 10.3. The maximum atomic E-state index is 12.9. The number of pyridine rings is 1. The predicted octanol–water partition coefficient (Wildman–Crippen LogP) is 2.77. The van der Waals surface area contributed by atoms with Crippen molar-refractivity contribution in [2.75, 3.05) is 18.5 Å².